The number of nitrogens with zero attached hydrogens (tertiary/aromatic N) is 2. The van der Waals surface area contributed by atoms with Gasteiger partial charge in [-0.3, -0.25) is 4.40 Å². The van der Waals surface area contributed by atoms with Gasteiger partial charge in [0.1, 0.15) is 11.5 Å². The summed E-state index contributed by atoms with van der Waals surface area (Å²) in [5.74, 6) is 1.15. The highest BCUT2D eigenvalue weighted by molar-refractivity contribution is 5.84. The molecule has 0 fully saturated rings. The normalized spacial score (nSPS) is 11.5. The minimum absolute atomic E-state index is 0.480. The Morgan fingerprint density at radius 1 is 0.923 bits per heavy atom. The van der Waals surface area contributed by atoms with Crippen molar-refractivity contribution in [2.75, 3.05) is 5.32 Å². The van der Waals surface area contributed by atoms with Crippen LogP contribution in [0.5, 0.6) is 0 Å². The van der Waals surface area contributed by atoms with Crippen molar-refractivity contribution in [3.05, 3.63) is 52.3 Å². The van der Waals surface area contributed by atoms with E-state index in [1.807, 2.05) is 0 Å². The van der Waals surface area contributed by atoms with Crippen LogP contribution in [0, 0.1) is 34.6 Å². The SMILES string of the molecule is CCC(CC)Nc1cc(C)nc2c(-c3c(C)cc(C)cc3C)cc(C)n12. The number of fused-ring (bicyclic) bond motifs is 1. The largest absolute Gasteiger partial charge is 0.368 e. The fourth-order valence-corrected chi connectivity index (χ4v) is 4.10. The molecule has 0 aliphatic carbocycles. The summed E-state index contributed by atoms with van der Waals surface area (Å²) in [5, 5.41) is 3.73. The maximum Gasteiger partial charge on any atom is 0.146 e. The van der Waals surface area contributed by atoms with Crippen molar-refractivity contribution in [3.8, 4) is 11.1 Å². The molecule has 1 N–H and O–H groups in total. The molecule has 26 heavy (non-hydrogen) atoms. The number of rotatable bonds is 5. The van der Waals surface area contributed by atoms with E-state index in [2.05, 4.69) is 82.4 Å². The number of hydrogen-bond donors (Lipinski definition) is 1. The maximum atomic E-state index is 4.92. The van der Waals surface area contributed by atoms with Crippen LogP contribution < -0.4 is 5.32 Å². The second-order valence-electron chi connectivity index (χ2n) is 7.57. The molecule has 0 amide bonds. The average Bonchev–Trinajstić information content (AvgIpc) is 2.88. The van der Waals surface area contributed by atoms with E-state index >= 15 is 0 Å². The number of benzene rings is 1. The number of aryl methyl sites for hydroxylation is 5. The second kappa shape index (κ2) is 7.14. The number of anilines is 1. The number of aromatic nitrogens is 2. The molecule has 3 nitrogen and oxygen atoms in total. The summed E-state index contributed by atoms with van der Waals surface area (Å²) in [6.07, 6.45) is 2.23. The van der Waals surface area contributed by atoms with E-state index in [0.717, 1.165) is 30.0 Å². The zero-order chi connectivity index (χ0) is 19.0. The van der Waals surface area contributed by atoms with Crippen LogP contribution in [-0.4, -0.2) is 15.4 Å². The summed E-state index contributed by atoms with van der Waals surface area (Å²) < 4.78 is 2.28. The molecule has 0 atom stereocenters. The fourth-order valence-electron chi connectivity index (χ4n) is 4.10. The smallest absolute Gasteiger partial charge is 0.146 e. The van der Waals surface area contributed by atoms with Gasteiger partial charge in [0.25, 0.3) is 0 Å². The Morgan fingerprint density at radius 3 is 2.12 bits per heavy atom. The molecule has 0 aliphatic rings. The lowest BCUT2D eigenvalue weighted by atomic mass is 9.95. The van der Waals surface area contributed by atoms with Crippen LogP contribution in [0.2, 0.25) is 0 Å². The zero-order valence-corrected chi connectivity index (χ0v) is 17.2. The molecular weight excluding hydrogens is 318 g/mol. The van der Waals surface area contributed by atoms with Crippen molar-refractivity contribution in [1.29, 1.82) is 0 Å². The Bertz CT molecular complexity index is 923. The van der Waals surface area contributed by atoms with Crippen LogP contribution in [0.15, 0.2) is 24.3 Å². The average molecular weight is 350 g/mol. The van der Waals surface area contributed by atoms with Gasteiger partial charge in [-0.05, 0) is 70.2 Å². The van der Waals surface area contributed by atoms with Crippen molar-refractivity contribution in [3.63, 3.8) is 0 Å². The van der Waals surface area contributed by atoms with Crippen molar-refractivity contribution in [1.82, 2.24) is 9.38 Å². The molecule has 0 saturated carbocycles. The Hall–Kier alpha value is -2.29. The Kier molecular flexibility index (Phi) is 5.08. The van der Waals surface area contributed by atoms with Crippen molar-refractivity contribution < 1.29 is 0 Å². The van der Waals surface area contributed by atoms with Crippen molar-refractivity contribution in [2.24, 2.45) is 0 Å². The highest BCUT2D eigenvalue weighted by Crippen LogP contribution is 2.34. The van der Waals surface area contributed by atoms with E-state index in [9.17, 15) is 0 Å². The first-order valence-electron chi connectivity index (χ1n) is 9.70. The molecule has 2 heterocycles. The minimum atomic E-state index is 0.480. The van der Waals surface area contributed by atoms with E-state index in [0.29, 0.717) is 6.04 Å². The van der Waals surface area contributed by atoms with Crippen LogP contribution in [0.3, 0.4) is 0 Å². The quantitative estimate of drug-likeness (QED) is 0.599. The van der Waals surface area contributed by atoms with E-state index < -0.39 is 0 Å². The maximum absolute atomic E-state index is 4.92. The van der Waals surface area contributed by atoms with Gasteiger partial charge in [-0.1, -0.05) is 31.5 Å². The summed E-state index contributed by atoms with van der Waals surface area (Å²) in [7, 11) is 0. The standard InChI is InChI=1S/C23H31N3/c1-8-19(9-2)25-21-12-17(6)24-23-20(13-18(7)26(21)23)22-15(4)10-14(3)11-16(22)5/h10-13,19,25H,8-9H2,1-7H3. The molecule has 2 aromatic heterocycles. The summed E-state index contributed by atoms with van der Waals surface area (Å²) in [5.41, 5.74) is 9.79. The van der Waals surface area contributed by atoms with Crippen molar-refractivity contribution >= 4 is 11.5 Å². The van der Waals surface area contributed by atoms with Crippen LogP contribution in [0.1, 0.15) is 54.8 Å². The number of nitrogens with one attached hydrogen (secondary N) is 1. The Morgan fingerprint density at radius 2 is 1.54 bits per heavy atom. The molecule has 0 bridgehead atoms. The molecule has 0 saturated heterocycles. The van der Waals surface area contributed by atoms with Gasteiger partial charge in [0, 0.05) is 29.1 Å². The predicted molar refractivity (Wildman–Crippen MR) is 112 cm³/mol. The fraction of sp³-hybridized carbons (Fsp3) is 0.435. The summed E-state index contributed by atoms with van der Waals surface area (Å²) in [4.78, 5) is 4.92. The highest BCUT2D eigenvalue weighted by atomic mass is 15.1. The van der Waals surface area contributed by atoms with Crippen LogP contribution in [0.4, 0.5) is 5.82 Å². The van der Waals surface area contributed by atoms with E-state index in [1.165, 1.54) is 33.5 Å². The second-order valence-corrected chi connectivity index (χ2v) is 7.57. The van der Waals surface area contributed by atoms with Gasteiger partial charge in [-0.2, -0.15) is 0 Å². The van der Waals surface area contributed by atoms with Crippen LogP contribution in [0.25, 0.3) is 16.8 Å². The molecule has 0 aliphatic heterocycles. The lowest BCUT2D eigenvalue weighted by Crippen LogP contribution is -2.19. The summed E-state index contributed by atoms with van der Waals surface area (Å²) in [6, 6.07) is 9.45. The molecule has 3 heteroatoms. The Labute approximate surface area is 157 Å². The highest BCUT2D eigenvalue weighted by Gasteiger charge is 2.18. The van der Waals surface area contributed by atoms with Gasteiger partial charge in [0.2, 0.25) is 0 Å². The molecule has 0 unspecified atom stereocenters. The molecular formula is C23H31N3. The van der Waals surface area contributed by atoms with Gasteiger partial charge >= 0.3 is 0 Å². The molecule has 3 aromatic rings. The molecule has 0 spiro atoms. The topological polar surface area (TPSA) is 29.3 Å². The van der Waals surface area contributed by atoms with Gasteiger partial charge < -0.3 is 5.32 Å². The third kappa shape index (κ3) is 3.23. The lowest BCUT2D eigenvalue weighted by molar-refractivity contribution is 0.666. The van der Waals surface area contributed by atoms with E-state index in [4.69, 9.17) is 4.98 Å². The van der Waals surface area contributed by atoms with Gasteiger partial charge in [-0.25, -0.2) is 4.98 Å². The molecule has 0 radical (unpaired) electrons. The molecule has 1 aromatic carbocycles. The van der Waals surface area contributed by atoms with Gasteiger partial charge in [-0.15, -0.1) is 0 Å². The molecule has 138 valence electrons. The first-order valence-corrected chi connectivity index (χ1v) is 9.70. The van der Waals surface area contributed by atoms with Gasteiger partial charge in [0.15, 0.2) is 0 Å². The van der Waals surface area contributed by atoms with Crippen LogP contribution in [-0.2, 0) is 0 Å². The summed E-state index contributed by atoms with van der Waals surface area (Å²) >= 11 is 0. The third-order valence-corrected chi connectivity index (χ3v) is 5.31. The zero-order valence-electron chi connectivity index (χ0n) is 17.2. The number of hydrogen-bond acceptors (Lipinski definition) is 2. The van der Waals surface area contributed by atoms with Crippen molar-refractivity contribution in [2.45, 2.75) is 67.3 Å². The first kappa shape index (κ1) is 18.5. The predicted octanol–water partition coefficient (Wildman–Crippen LogP) is 6.14. The van der Waals surface area contributed by atoms with E-state index in [-0.39, 0.29) is 0 Å². The monoisotopic (exact) mass is 349 g/mol. The molecule has 3 rings (SSSR count). The first-order chi connectivity index (χ1) is 12.3. The van der Waals surface area contributed by atoms with Crippen LogP contribution >= 0.6 is 0 Å². The van der Waals surface area contributed by atoms with E-state index in [1.54, 1.807) is 0 Å². The summed E-state index contributed by atoms with van der Waals surface area (Å²) in [6.45, 7) is 15.3. The minimum Gasteiger partial charge on any atom is -0.368 e. The van der Waals surface area contributed by atoms with Gasteiger partial charge in [0.05, 0.1) is 0 Å². The Balaban J connectivity index is 2.26. The third-order valence-electron chi connectivity index (χ3n) is 5.31. The lowest BCUT2D eigenvalue weighted by Gasteiger charge is -2.19.